The lowest BCUT2D eigenvalue weighted by atomic mass is 10.1. The van der Waals surface area contributed by atoms with Crippen molar-refractivity contribution in [2.75, 3.05) is 40.5 Å². The first-order valence-electron chi connectivity index (χ1n) is 12.3. The molecule has 0 spiro atoms. The highest BCUT2D eigenvalue weighted by atomic mass is 19.1. The molecule has 13 heteroatoms. The van der Waals surface area contributed by atoms with Gasteiger partial charge in [0.1, 0.15) is 11.3 Å². The summed E-state index contributed by atoms with van der Waals surface area (Å²) in [5.74, 6) is 4.86. The lowest BCUT2D eigenvalue weighted by Crippen LogP contribution is -2.43. The van der Waals surface area contributed by atoms with E-state index in [1.165, 1.54) is 32.4 Å². The Bertz CT molecular complexity index is 1160. The van der Waals surface area contributed by atoms with Crippen LogP contribution in [0.5, 0.6) is 5.75 Å². The van der Waals surface area contributed by atoms with Gasteiger partial charge in [-0.15, -0.1) is 5.10 Å². The Hall–Kier alpha value is -3.97. The zero-order valence-corrected chi connectivity index (χ0v) is 23.3. The van der Waals surface area contributed by atoms with Crippen LogP contribution < -0.4 is 21.6 Å². The topological polar surface area (TPSA) is 158 Å². The maximum Gasteiger partial charge on any atom is 0.410 e. The average Bonchev–Trinajstić information content (AvgIpc) is 2.87. The number of rotatable bonds is 6. The van der Waals surface area contributed by atoms with E-state index in [0.717, 1.165) is 5.12 Å². The van der Waals surface area contributed by atoms with Crippen LogP contribution in [0, 0.1) is 12.7 Å². The van der Waals surface area contributed by atoms with Gasteiger partial charge in [-0.05, 0) is 57.5 Å². The summed E-state index contributed by atoms with van der Waals surface area (Å²) in [7, 11) is 2.91. The number of hydrazine groups is 1. The van der Waals surface area contributed by atoms with Gasteiger partial charge in [0.2, 0.25) is 0 Å². The normalized spacial score (nSPS) is 13.6. The van der Waals surface area contributed by atoms with Gasteiger partial charge in [-0.3, -0.25) is 4.79 Å². The number of halogens is 1. The van der Waals surface area contributed by atoms with Crippen molar-refractivity contribution in [3.63, 3.8) is 0 Å². The van der Waals surface area contributed by atoms with E-state index >= 15 is 0 Å². The minimum atomic E-state index is -0.466. The molecule has 214 valence electrons. The summed E-state index contributed by atoms with van der Waals surface area (Å²) in [5.41, 5.74) is 7.47. The van der Waals surface area contributed by atoms with Crippen LogP contribution in [0.2, 0.25) is 0 Å². The summed E-state index contributed by atoms with van der Waals surface area (Å²) < 4.78 is 28.7. The number of pyridine rings is 1. The molecule has 0 bridgehead atoms. The molecule has 0 saturated carbocycles. The summed E-state index contributed by atoms with van der Waals surface area (Å²) in [6.07, 6.45) is -0.240. The fourth-order valence-corrected chi connectivity index (χ4v) is 3.32. The van der Waals surface area contributed by atoms with E-state index in [4.69, 9.17) is 25.8 Å². The van der Waals surface area contributed by atoms with Crippen LogP contribution in [0.1, 0.15) is 48.1 Å². The largest absolute Gasteiger partial charge is 0.494 e. The van der Waals surface area contributed by atoms with Crippen LogP contribution in [0.4, 0.5) is 9.18 Å². The zero-order valence-electron chi connectivity index (χ0n) is 23.3. The molecule has 2 heterocycles. The van der Waals surface area contributed by atoms with Gasteiger partial charge in [-0.25, -0.2) is 25.1 Å². The molecule has 1 aliphatic heterocycles. The van der Waals surface area contributed by atoms with Crippen molar-refractivity contribution < 1.29 is 28.2 Å². The Labute approximate surface area is 228 Å². The molecule has 5 N–H and O–H groups in total. The lowest BCUT2D eigenvalue weighted by molar-refractivity contribution is -0.00677. The number of nitrogens with two attached hydrogens (primary N) is 2. The van der Waals surface area contributed by atoms with E-state index in [9.17, 15) is 14.0 Å². The highest BCUT2D eigenvalue weighted by molar-refractivity contribution is 6.00. The minimum Gasteiger partial charge on any atom is -0.494 e. The number of hydrogen-bond acceptors (Lipinski definition) is 9. The third-order valence-corrected chi connectivity index (χ3v) is 5.08. The Morgan fingerprint density at radius 1 is 1.23 bits per heavy atom. The van der Waals surface area contributed by atoms with E-state index in [1.807, 2.05) is 20.8 Å². The number of amidine groups is 1. The molecular formula is C26H38FN7O5. The third-order valence-electron chi connectivity index (χ3n) is 5.08. The smallest absolute Gasteiger partial charge is 0.410 e. The Morgan fingerprint density at radius 2 is 1.90 bits per heavy atom. The van der Waals surface area contributed by atoms with Crippen LogP contribution in [-0.2, 0) is 16.0 Å². The van der Waals surface area contributed by atoms with Crippen molar-refractivity contribution >= 4 is 17.8 Å². The van der Waals surface area contributed by atoms with Crippen molar-refractivity contribution in [1.29, 1.82) is 0 Å². The number of amides is 2. The Kier molecular flexibility index (Phi) is 11.4. The summed E-state index contributed by atoms with van der Waals surface area (Å²) in [4.78, 5) is 29.7. The molecule has 2 aromatic rings. The number of aryl methyl sites for hydroxylation is 1. The van der Waals surface area contributed by atoms with Gasteiger partial charge in [-0.1, -0.05) is 6.07 Å². The van der Waals surface area contributed by atoms with Gasteiger partial charge < -0.3 is 30.2 Å². The maximum atomic E-state index is 13.4. The van der Waals surface area contributed by atoms with Gasteiger partial charge in [0, 0.05) is 37.9 Å². The van der Waals surface area contributed by atoms with Crippen LogP contribution >= 0.6 is 0 Å². The SMILES string of the molecule is CC(C)(C)OC(=O)N1CCOCC1.COc1cc(CNC(=O)c2cc(/C(N)=N/N(C)N)cc(C)n2)ccc1F. The van der Waals surface area contributed by atoms with Crippen molar-refractivity contribution in [2.45, 2.75) is 39.8 Å². The van der Waals surface area contributed by atoms with Gasteiger partial charge in [-0.2, -0.15) is 0 Å². The first-order chi connectivity index (χ1) is 18.3. The Morgan fingerprint density at radius 3 is 2.49 bits per heavy atom. The molecule has 0 aliphatic carbocycles. The zero-order chi connectivity index (χ0) is 29.2. The van der Waals surface area contributed by atoms with E-state index < -0.39 is 17.3 Å². The van der Waals surface area contributed by atoms with Crippen LogP contribution in [-0.4, -0.2) is 78.9 Å². The number of nitrogens with zero attached hydrogens (tertiary/aromatic N) is 4. The number of carbonyl (C=O) groups excluding carboxylic acids is 2. The molecule has 0 radical (unpaired) electrons. The standard InChI is InChI=1S/C17H21FN6O2.C9H17NO3/c1-10-6-12(16(19)23-24(2)20)8-14(22-10)17(25)21-9-11-4-5-13(18)15(7-11)26-3;1-9(2,3)13-8(11)10-4-6-12-7-5-10/h4-8H,9,20H2,1-3H3,(H2,19,23)(H,21,25);4-7H2,1-3H3. The molecule has 0 unspecified atom stereocenters. The second kappa shape index (κ2) is 14.3. The van der Waals surface area contributed by atoms with Crippen LogP contribution in [0.3, 0.4) is 0 Å². The van der Waals surface area contributed by atoms with Crippen molar-refractivity contribution in [3.05, 3.63) is 58.7 Å². The summed E-state index contributed by atoms with van der Waals surface area (Å²) in [6.45, 7) is 10.0. The summed E-state index contributed by atoms with van der Waals surface area (Å²) in [6, 6.07) is 7.59. The number of benzene rings is 1. The van der Waals surface area contributed by atoms with Crippen molar-refractivity contribution in [3.8, 4) is 5.75 Å². The first-order valence-corrected chi connectivity index (χ1v) is 12.3. The number of nitrogens with one attached hydrogen (secondary N) is 1. The molecule has 39 heavy (non-hydrogen) atoms. The molecule has 1 aromatic heterocycles. The summed E-state index contributed by atoms with van der Waals surface area (Å²) >= 11 is 0. The van der Waals surface area contributed by atoms with Gasteiger partial charge in [0.25, 0.3) is 5.91 Å². The van der Waals surface area contributed by atoms with E-state index in [1.54, 1.807) is 24.0 Å². The third kappa shape index (κ3) is 10.7. The molecular weight excluding hydrogens is 509 g/mol. The predicted molar refractivity (Wildman–Crippen MR) is 144 cm³/mol. The van der Waals surface area contributed by atoms with E-state index in [2.05, 4.69) is 15.4 Å². The van der Waals surface area contributed by atoms with Gasteiger partial charge in [0.15, 0.2) is 17.4 Å². The minimum absolute atomic E-state index is 0.114. The van der Waals surface area contributed by atoms with Crippen molar-refractivity contribution in [2.24, 2.45) is 16.7 Å². The molecule has 2 amide bonds. The number of carbonyl (C=O) groups is 2. The highest BCUT2D eigenvalue weighted by Crippen LogP contribution is 2.18. The van der Waals surface area contributed by atoms with Crippen LogP contribution in [0.15, 0.2) is 35.4 Å². The number of hydrazone groups is 1. The molecule has 3 rings (SSSR count). The first kappa shape index (κ1) is 31.2. The molecule has 1 fully saturated rings. The fourth-order valence-electron chi connectivity index (χ4n) is 3.32. The second-order valence-corrected chi connectivity index (χ2v) is 9.67. The number of methoxy groups -OCH3 is 1. The number of morpholine rings is 1. The van der Waals surface area contributed by atoms with Crippen molar-refractivity contribution in [1.82, 2.24) is 20.3 Å². The van der Waals surface area contributed by atoms with Gasteiger partial charge >= 0.3 is 6.09 Å². The average molecular weight is 548 g/mol. The highest BCUT2D eigenvalue weighted by Gasteiger charge is 2.23. The number of ether oxygens (including phenoxy) is 3. The maximum absolute atomic E-state index is 13.4. The summed E-state index contributed by atoms with van der Waals surface area (Å²) in [5, 5.41) is 7.71. The quantitative estimate of drug-likeness (QED) is 0.213. The predicted octanol–water partition coefficient (Wildman–Crippen LogP) is 2.15. The monoisotopic (exact) mass is 547 g/mol. The number of aromatic nitrogens is 1. The van der Waals surface area contributed by atoms with Crippen LogP contribution in [0.25, 0.3) is 0 Å². The molecule has 1 saturated heterocycles. The van der Waals surface area contributed by atoms with E-state index in [0.29, 0.717) is 43.1 Å². The lowest BCUT2D eigenvalue weighted by Gasteiger charge is -2.29. The Balaban J connectivity index is 0.000000344. The molecule has 1 aromatic carbocycles. The molecule has 1 aliphatic rings. The molecule has 0 atom stereocenters. The van der Waals surface area contributed by atoms with Gasteiger partial charge in [0.05, 0.1) is 20.3 Å². The second-order valence-electron chi connectivity index (χ2n) is 9.67. The van der Waals surface area contributed by atoms with E-state index in [-0.39, 0.29) is 29.9 Å². The fraction of sp³-hybridized carbons (Fsp3) is 0.462. The molecule has 12 nitrogen and oxygen atoms in total. The number of hydrogen-bond donors (Lipinski definition) is 3.